The average molecular weight is 116 g/mol. The van der Waals surface area contributed by atoms with Crippen LogP contribution >= 0.6 is 11.8 Å². The van der Waals surface area contributed by atoms with Crippen molar-refractivity contribution in [2.24, 2.45) is 0 Å². The Labute approximate surface area is 62.3 Å². The van der Waals surface area contributed by atoms with E-state index in [1.165, 1.54) is 0 Å². The first-order valence-electron chi connectivity index (χ1n) is 2.22. The molecule has 0 saturated heterocycles. The molecule has 7 heavy (non-hydrogen) atoms. The van der Waals surface area contributed by atoms with Crippen molar-refractivity contribution in [1.82, 2.24) is 4.42 Å². The molecule has 0 atom stereocenters. The monoisotopic (exact) mass is 115 g/mol. The van der Waals surface area contributed by atoms with Crippen molar-refractivity contribution in [3.8, 4) is 0 Å². The molecule has 0 aliphatic heterocycles. The zero-order valence-corrected chi connectivity index (χ0v) is 5.00. The molecule has 0 radical (unpaired) electrons. The van der Waals surface area contributed by atoms with Crippen LogP contribution in [-0.2, 0) is 0 Å². The molecular weight excluding hydrogens is 104 g/mol. The summed E-state index contributed by atoms with van der Waals surface area (Å²) in [6.07, 6.45) is 0. The van der Waals surface area contributed by atoms with E-state index in [1.807, 2.05) is 13.8 Å². The number of rotatable bonds is 2. The Morgan fingerprint density at radius 2 is 1.57 bits per heavy atom. The van der Waals surface area contributed by atoms with E-state index >= 15 is 0 Å². The second kappa shape index (κ2) is 6.85. The molecule has 1 nitrogen and oxygen atoms in total. The minimum absolute atomic E-state index is 0. The summed E-state index contributed by atoms with van der Waals surface area (Å²) in [4.78, 5) is 0. The van der Waals surface area contributed by atoms with Gasteiger partial charge in [-0.05, 0) is 11.8 Å². The van der Waals surface area contributed by atoms with Crippen LogP contribution in [0, 0.1) is 0 Å². The van der Waals surface area contributed by atoms with Crippen LogP contribution in [0.3, 0.4) is 0 Å². The van der Waals surface area contributed by atoms with Crippen molar-refractivity contribution < 1.29 is 0 Å². The summed E-state index contributed by atoms with van der Waals surface area (Å²) >= 11 is 5.48. The zero-order valence-electron chi connectivity index (χ0n) is 4.24. The van der Waals surface area contributed by atoms with Gasteiger partial charge in [-0.1, -0.05) is 13.8 Å². The van der Waals surface area contributed by atoms with Gasteiger partial charge in [-0.3, -0.25) is 0 Å². The molecule has 0 N–H and O–H groups in total. The third kappa shape index (κ3) is 6.85. The van der Waals surface area contributed by atoms with Gasteiger partial charge in [0.25, 0.3) is 0 Å². The standard InChI is InChI=1S/C4H10ClN.Li.H/c1-3-6(5)4-2;;/h3-4H2,1-2H3;;. The van der Waals surface area contributed by atoms with Crippen LogP contribution in [-0.4, -0.2) is 36.4 Å². The molecule has 0 bridgehead atoms. The van der Waals surface area contributed by atoms with E-state index < -0.39 is 0 Å². The van der Waals surface area contributed by atoms with Crippen LogP contribution in [0.1, 0.15) is 13.8 Å². The summed E-state index contributed by atoms with van der Waals surface area (Å²) in [5.74, 6) is 0. The molecule has 0 aliphatic carbocycles. The molecule has 40 valence electrons. The SMILES string of the molecule is CCN(Cl)CC.[LiH]. The Bertz CT molecular complexity index is 30.9. The van der Waals surface area contributed by atoms with E-state index in [0.29, 0.717) is 0 Å². The van der Waals surface area contributed by atoms with E-state index in [1.54, 1.807) is 4.42 Å². The topological polar surface area (TPSA) is 3.24 Å². The van der Waals surface area contributed by atoms with Crippen LogP contribution in [0.15, 0.2) is 0 Å². The summed E-state index contributed by atoms with van der Waals surface area (Å²) in [7, 11) is 0. The van der Waals surface area contributed by atoms with Crippen LogP contribution < -0.4 is 0 Å². The first-order valence-corrected chi connectivity index (χ1v) is 2.55. The molecule has 0 rings (SSSR count). The molecule has 0 saturated carbocycles. The quantitative estimate of drug-likeness (QED) is 0.381. The van der Waals surface area contributed by atoms with Gasteiger partial charge in [0, 0.05) is 13.1 Å². The molecule has 0 aliphatic rings. The first-order chi connectivity index (χ1) is 2.81. The van der Waals surface area contributed by atoms with Gasteiger partial charge in [-0.15, -0.1) is 0 Å². The van der Waals surface area contributed by atoms with E-state index in [4.69, 9.17) is 11.8 Å². The normalized spacial score (nSPS) is 8.57. The summed E-state index contributed by atoms with van der Waals surface area (Å²) in [5, 5.41) is 0. The fraction of sp³-hybridized carbons (Fsp3) is 1.00. The third-order valence-electron chi connectivity index (χ3n) is 0.686. The van der Waals surface area contributed by atoms with E-state index in [2.05, 4.69) is 0 Å². The third-order valence-corrected chi connectivity index (χ3v) is 1.16. The maximum absolute atomic E-state index is 5.48. The first kappa shape index (κ1) is 10.8. The second-order valence-corrected chi connectivity index (χ2v) is 1.57. The Kier molecular flexibility index (Phi) is 10.5. The zero-order chi connectivity index (χ0) is 4.99. The van der Waals surface area contributed by atoms with Crippen molar-refractivity contribution in [2.75, 3.05) is 13.1 Å². The molecule has 0 amide bonds. The molecule has 0 aromatic heterocycles. The molecule has 0 fully saturated rings. The number of hydrogen-bond donors (Lipinski definition) is 0. The molecule has 0 aromatic carbocycles. The van der Waals surface area contributed by atoms with Gasteiger partial charge in [0.2, 0.25) is 0 Å². The van der Waals surface area contributed by atoms with Crippen molar-refractivity contribution in [3.63, 3.8) is 0 Å². The summed E-state index contributed by atoms with van der Waals surface area (Å²) in [5.41, 5.74) is 0. The van der Waals surface area contributed by atoms with Gasteiger partial charge in [0.15, 0.2) is 0 Å². The number of nitrogens with zero attached hydrogens (tertiary/aromatic N) is 1. The Morgan fingerprint density at radius 1 is 1.29 bits per heavy atom. The molecule has 3 heteroatoms. The fourth-order valence-electron chi connectivity index (χ4n) is 0.224. The Morgan fingerprint density at radius 3 is 1.57 bits per heavy atom. The number of hydrogen-bond acceptors (Lipinski definition) is 1. The van der Waals surface area contributed by atoms with Crippen molar-refractivity contribution >= 4 is 30.6 Å². The van der Waals surface area contributed by atoms with Gasteiger partial charge in [-0.2, -0.15) is 0 Å². The maximum atomic E-state index is 5.48. The van der Waals surface area contributed by atoms with Crippen LogP contribution in [0.4, 0.5) is 0 Å². The Hall–Kier alpha value is 0.847. The van der Waals surface area contributed by atoms with Gasteiger partial charge in [-0.25, -0.2) is 4.42 Å². The Balaban J connectivity index is 0. The fourth-order valence-corrected chi connectivity index (χ4v) is 0.224. The average Bonchev–Trinajstić information content (AvgIpc) is 1.65. The predicted octanol–water partition coefficient (Wildman–Crippen LogP) is 0.833. The predicted molar refractivity (Wildman–Crippen MR) is 35.9 cm³/mol. The molecule has 0 spiro atoms. The molecule has 0 aromatic rings. The van der Waals surface area contributed by atoms with Crippen LogP contribution in [0.5, 0.6) is 0 Å². The molecule has 0 heterocycles. The second-order valence-electron chi connectivity index (χ2n) is 1.10. The summed E-state index contributed by atoms with van der Waals surface area (Å²) in [6.45, 7) is 5.91. The van der Waals surface area contributed by atoms with Crippen molar-refractivity contribution in [3.05, 3.63) is 0 Å². The van der Waals surface area contributed by atoms with Gasteiger partial charge >= 0.3 is 18.9 Å². The van der Waals surface area contributed by atoms with Crippen LogP contribution in [0.2, 0.25) is 0 Å². The van der Waals surface area contributed by atoms with Gasteiger partial charge in [0.1, 0.15) is 0 Å². The molecular formula is C4H11ClLiN. The van der Waals surface area contributed by atoms with Crippen molar-refractivity contribution in [2.45, 2.75) is 13.8 Å². The summed E-state index contributed by atoms with van der Waals surface area (Å²) < 4.78 is 1.72. The van der Waals surface area contributed by atoms with Gasteiger partial charge < -0.3 is 0 Å². The molecule has 0 unspecified atom stereocenters. The number of halogens is 1. The van der Waals surface area contributed by atoms with Crippen molar-refractivity contribution in [1.29, 1.82) is 0 Å². The minimum atomic E-state index is 0. The summed E-state index contributed by atoms with van der Waals surface area (Å²) in [6, 6.07) is 0. The van der Waals surface area contributed by atoms with E-state index in [9.17, 15) is 0 Å². The van der Waals surface area contributed by atoms with E-state index in [0.717, 1.165) is 13.1 Å². The van der Waals surface area contributed by atoms with Gasteiger partial charge in [0.05, 0.1) is 0 Å². The van der Waals surface area contributed by atoms with Crippen LogP contribution in [0.25, 0.3) is 0 Å². The van der Waals surface area contributed by atoms with E-state index in [-0.39, 0.29) is 18.9 Å².